The van der Waals surface area contributed by atoms with Crippen molar-refractivity contribution in [1.82, 2.24) is 4.98 Å². The molecule has 0 amide bonds. The van der Waals surface area contributed by atoms with Gasteiger partial charge in [0.25, 0.3) is 0 Å². The molecule has 0 saturated carbocycles. The lowest BCUT2D eigenvalue weighted by Crippen LogP contribution is -2.11. The molecule has 7 heteroatoms. The largest absolute Gasteiger partial charge is 0.267 e. The molecule has 0 unspecified atom stereocenters. The highest BCUT2D eigenvalue weighted by Gasteiger charge is 2.07. The third-order valence-electron chi connectivity index (χ3n) is 1.09. The van der Waals surface area contributed by atoms with Gasteiger partial charge in [0.15, 0.2) is 5.82 Å². The SMILES string of the molecule is CS(=O)(=O)Nc1nc(Cl)ccc1I. The number of anilines is 1. The molecule has 0 aromatic carbocycles. The average Bonchev–Trinajstić information content (AvgIpc) is 1.94. The van der Waals surface area contributed by atoms with Crippen LogP contribution >= 0.6 is 34.2 Å². The Morgan fingerprint density at radius 1 is 1.54 bits per heavy atom. The van der Waals surface area contributed by atoms with E-state index in [1.807, 2.05) is 22.6 Å². The van der Waals surface area contributed by atoms with Crippen LogP contribution < -0.4 is 4.72 Å². The Balaban J connectivity index is 3.08. The minimum Gasteiger partial charge on any atom is -0.267 e. The summed E-state index contributed by atoms with van der Waals surface area (Å²) in [6.45, 7) is 0. The molecule has 0 aliphatic rings. The topological polar surface area (TPSA) is 59.1 Å². The Hall–Kier alpha value is -0.0800. The van der Waals surface area contributed by atoms with Crippen molar-refractivity contribution in [3.8, 4) is 0 Å². The van der Waals surface area contributed by atoms with Gasteiger partial charge in [-0.1, -0.05) is 11.6 Å². The van der Waals surface area contributed by atoms with E-state index >= 15 is 0 Å². The van der Waals surface area contributed by atoms with Gasteiger partial charge < -0.3 is 0 Å². The zero-order chi connectivity index (χ0) is 10.1. The highest BCUT2D eigenvalue weighted by atomic mass is 127. The zero-order valence-electron chi connectivity index (χ0n) is 6.58. The number of hydrogen-bond donors (Lipinski definition) is 1. The Morgan fingerprint density at radius 3 is 2.69 bits per heavy atom. The first-order valence-electron chi connectivity index (χ1n) is 3.18. The average molecular weight is 333 g/mol. The maximum Gasteiger partial charge on any atom is 0.231 e. The van der Waals surface area contributed by atoms with Crippen LogP contribution in [0.15, 0.2) is 12.1 Å². The molecule has 1 rings (SSSR count). The van der Waals surface area contributed by atoms with E-state index in [0.717, 1.165) is 6.26 Å². The number of sulfonamides is 1. The van der Waals surface area contributed by atoms with E-state index in [0.29, 0.717) is 3.57 Å². The molecule has 1 N–H and O–H groups in total. The second-order valence-electron chi connectivity index (χ2n) is 2.34. The first-order chi connectivity index (χ1) is 5.88. The Kier molecular flexibility index (Phi) is 3.36. The van der Waals surface area contributed by atoms with Gasteiger partial charge in [0.05, 0.1) is 9.83 Å². The molecule has 4 nitrogen and oxygen atoms in total. The number of halogens is 2. The molecular formula is C6H6ClIN2O2S. The van der Waals surface area contributed by atoms with Gasteiger partial charge in [-0.3, -0.25) is 4.72 Å². The monoisotopic (exact) mass is 332 g/mol. The van der Waals surface area contributed by atoms with E-state index in [4.69, 9.17) is 11.6 Å². The molecule has 1 heterocycles. The first kappa shape index (κ1) is 11.0. The van der Waals surface area contributed by atoms with E-state index in [2.05, 4.69) is 9.71 Å². The number of aromatic nitrogens is 1. The van der Waals surface area contributed by atoms with Gasteiger partial charge in [0, 0.05) is 0 Å². The predicted molar refractivity (Wildman–Crippen MR) is 60.4 cm³/mol. The normalized spacial score (nSPS) is 11.3. The smallest absolute Gasteiger partial charge is 0.231 e. The number of hydrogen-bond acceptors (Lipinski definition) is 3. The highest BCUT2D eigenvalue weighted by molar-refractivity contribution is 14.1. The second-order valence-corrected chi connectivity index (χ2v) is 5.64. The van der Waals surface area contributed by atoms with Gasteiger partial charge in [-0.25, -0.2) is 13.4 Å². The summed E-state index contributed by atoms with van der Waals surface area (Å²) in [6, 6.07) is 3.28. The van der Waals surface area contributed by atoms with Gasteiger partial charge >= 0.3 is 0 Å². The van der Waals surface area contributed by atoms with Crippen LogP contribution in [0.3, 0.4) is 0 Å². The maximum atomic E-state index is 10.9. The summed E-state index contributed by atoms with van der Waals surface area (Å²) in [5.74, 6) is 0.260. The van der Waals surface area contributed by atoms with Crippen molar-refractivity contribution >= 4 is 50.0 Å². The fraction of sp³-hybridized carbons (Fsp3) is 0.167. The molecule has 0 spiro atoms. The second kappa shape index (κ2) is 3.97. The lowest BCUT2D eigenvalue weighted by atomic mass is 10.5. The van der Waals surface area contributed by atoms with Crippen molar-refractivity contribution in [2.24, 2.45) is 0 Å². The number of nitrogens with zero attached hydrogens (tertiary/aromatic N) is 1. The first-order valence-corrected chi connectivity index (χ1v) is 6.53. The van der Waals surface area contributed by atoms with E-state index in [-0.39, 0.29) is 11.0 Å². The number of pyridine rings is 1. The van der Waals surface area contributed by atoms with Gasteiger partial charge in [-0.2, -0.15) is 0 Å². The molecule has 1 aromatic rings. The van der Waals surface area contributed by atoms with Crippen LogP contribution in [0.5, 0.6) is 0 Å². The summed E-state index contributed by atoms with van der Waals surface area (Å²) in [5, 5.41) is 0.256. The summed E-state index contributed by atoms with van der Waals surface area (Å²) in [6.07, 6.45) is 1.06. The van der Waals surface area contributed by atoms with Crippen LogP contribution in [-0.4, -0.2) is 19.7 Å². The van der Waals surface area contributed by atoms with E-state index in [1.165, 1.54) is 0 Å². The highest BCUT2D eigenvalue weighted by Crippen LogP contribution is 2.18. The fourth-order valence-electron chi connectivity index (χ4n) is 0.666. The molecule has 0 atom stereocenters. The van der Waals surface area contributed by atoms with E-state index < -0.39 is 10.0 Å². The number of nitrogens with one attached hydrogen (secondary N) is 1. The molecule has 0 radical (unpaired) electrons. The van der Waals surface area contributed by atoms with Crippen LogP contribution in [0.2, 0.25) is 5.15 Å². The van der Waals surface area contributed by atoms with Gasteiger partial charge in [0.2, 0.25) is 10.0 Å². The number of rotatable bonds is 2. The molecule has 0 aliphatic heterocycles. The third kappa shape index (κ3) is 3.65. The summed E-state index contributed by atoms with van der Waals surface area (Å²) in [5.41, 5.74) is 0. The molecule has 0 fully saturated rings. The molecule has 0 bridgehead atoms. The van der Waals surface area contributed by atoms with E-state index in [9.17, 15) is 8.42 Å². The lowest BCUT2D eigenvalue weighted by Gasteiger charge is -2.04. The van der Waals surface area contributed by atoms with Crippen LogP contribution in [0.1, 0.15) is 0 Å². The molecule has 0 aliphatic carbocycles. The predicted octanol–water partition coefficient (Wildman–Crippen LogP) is 1.71. The molecule has 72 valence electrons. The molecule has 13 heavy (non-hydrogen) atoms. The summed E-state index contributed by atoms with van der Waals surface area (Å²) >= 11 is 7.57. The van der Waals surface area contributed by atoms with Crippen molar-refractivity contribution in [3.05, 3.63) is 20.9 Å². The Bertz CT molecular complexity index is 421. The van der Waals surface area contributed by atoms with Crippen molar-refractivity contribution < 1.29 is 8.42 Å². The minimum absolute atomic E-state index is 0.256. The summed E-state index contributed by atoms with van der Waals surface area (Å²) in [7, 11) is -3.29. The third-order valence-corrected chi connectivity index (χ3v) is 2.74. The summed E-state index contributed by atoms with van der Waals surface area (Å²) in [4.78, 5) is 3.83. The summed E-state index contributed by atoms with van der Waals surface area (Å²) < 4.78 is 24.7. The van der Waals surface area contributed by atoms with Gasteiger partial charge in [-0.15, -0.1) is 0 Å². The van der Waals surface area contributed by atoms with Crippen molar-refractivity contribution in [2.45, 2.75) is 0 Å². The minimum atomic E-state index is -3.29. The zero-order valence-corrected chi connectivity index (χ0v) is 10.3. The van der Waals surface area contributed by atoms with Gasteiger partial charge in [-0.05, 0) is 34.7 Å². The van der Waals surface area contributed by atoms with Crippen molar-refractivity contribution in [3.63, 3.8) is 0 Å². The quantitative estimate of drug-likeness (QED) is 0.662. The van der Waals surface area contributed by atoms with Crippen molar-refractivity contribution in [1.29, 1.82) is 0 Å². The molecule has 0 saturated heterocycles. The van der Waals surface area contributed by atoms with Crippen LogP contribution in [0.4, 0.5) is 5.82 Å². The molecular weight excluding hydrogens is 327 g/mol. The standard InChI is InChI=1S/C6H6ClIN2O2S/c1-13(11,12)10-6-4(8)2-3-5(7)9-6/h2-3H,1H3,(H,9,10). The Labute approximate surface area is 94.9 Å². The van der Waals surface area contributed by atoms with Crippen LogP contribution in [0.25, 0.3) is 0 Å². The van der Waals surface area contributed by atoms with Crippen LogP contribution in [0, 0.1) is 3.57 Å². The van der Waals surface area contributed by atoms with Crippen molar-refractivity contribution in [2.75, 3.05) is 11.0 Å². The van der Waals surface area contributed by atoms with Crippen LogP contribution in [-0.2, 0) is 10.0 Å². The Morgan fingerprint density at radius 2 is 2.15 bits per heavy atom. The maximum absolute atomic E-state index is 10.9. The fourth-order valence-corrected chi connectivity index (χ4v) is 1.94. The lowest BCUT2D eigenvalue weighted by molar-refractivity contribution is 0.606. The molecule has 1 aromatic heterocycles. The van der Waals surface area contributed by atoms with E-state index in [1.54, 1.807) is 12.1 Å². The van der Waals surface area contributed by atoms with Gasteiger partial charge in [0.1, 0.15) is 5.15 Å².